The van der Waals surface area contributed by atoms with Gasteiger partial charge >= 0.3 is 5.97 Å². The molecule has 1 aliphatic heterocycles. The van der Waals surface area contributed by atoms with E-state index in [1.165, 1.54) is 23.1 Å². The number of aromatic carboxylic acids is 1. The molecule has 2 heterocycles. The van der Waals surface area contributed by atoms with Crippen LogP contribution in [0, 0.1) is 0 Å². The summed E-state index contributed by atoms with van der Waals surface area (Å²) in [4.78, 5) is 10.9. The number of hydrogen-bond donors (Lipinski definition) is 1. The van der Waals surface area contributed by atoms with Gasteiger partial charge in [-0.15, -0.1) is 0 Å². The first kappa shape index (κ1) is 13.2. The van der Waals surface area contributed by atoms with Crippen LogP contribution in [-0.2, 0) is 0 Å². The van der Waals surface area contributed by atoms with Crippen LogP contribution in [0.1, 0.15) is 34.8 Å². The number of carboxylic acid groups (broad SMARTS) is 1. The van der Waals surface area contributed by atoms with Crippen LogP contribution in [0.5, 0.6) is 0 Å². The molecule has 0 bridgehead atoms. The highest BCUT2D eigenvalue weighted by atomic mass is 32.2. The van der Waals surface area contributed by atoms with E-state index in [0.29, 0.717) is 11.7 Å². The maximum Gasteiger partial charge on any atom is 0.358 e. The standard InChI is InChI=1S/C15H15NO3S/c17-15(18)13-9-14(19-16-13)12-4-2-1-3-11(12)10-5-7-20-8-6-10/h1-4,9-10H,5-8H2,(H,17,18). The summed E-state index contributed by atoms with van der Waals surface area (Å²) >= 11 is 1.99. The highest BCUT2D eigenvalue weighted by molar-refractivity contribution is 7.99. The van der Waals surface area contributed by atoms with E-state index in [-0.39, 0.29) is 5.69 Å². The van der Waals surface area contributed by atoms with Gasteiger partial charge in [-0.2, -0.15) is 11.8 Å². The molecule has 104 valence electrons. The van der Waals surface area contributed by atoms with Gasteiger partial charge in [-0.05, 0) is 35.8 Å². The average molecular weight is 289 g/mol. The van der Waals surface area contributed by atoms with Gasteiger partial charge < -0.3 is 9.63 Å². The highest BCUT2D eigenvalue weighted by Crippen LogP contribution is 2.37. The minimum absolute atomic E-state index is 0.0472. The maximum absolute atomic E-state index is 10.9. The van der Waals surface area contributed by atoms with Crippen LogP contribution in [0.15, 0.2) is 34.9 Å². The molecule has 0 radical (unpaired) electrons. The van der Waals surface area contributed by atoms with Crippen LogP contribution in [-0.4, -0.2) is 27.7 Å². The van der Waals surface area contributed by atoms with Crippen LogP contribution in [0.2, 0.25) is 0 Å². The fraction of sp³-hybridized carbons (Fsp3) is 0.333. The molecule has 2 aromatic rings. The predicted molar refractivity (Wildman–Crippen MR) is 78.2 cm³/mol. The molecular formula is C15H15NO3S. The van der Waals surface area contributed by atoms with Crippen LogP contribution in [0.4, 0.5) is 0 Å². The molecule has 0 saturated carbocycles. The van der Waals surface area contributed by atoms with E-state index >= 15 is 0 Å². The first-order chi connectivity index (χ1) is 9.75. The highest BCUT2D eigenvalue weighted by Gasteiger charge is 2.21. The number of nitrogens with zero attached hydrogens (tertiary/aromatic N) is 1. The Labute approximate surface area is 121 Å². The lowest BCUT2D eigenvalue weighted by atomic mass is 9.89. The van der Waals surface area contributed by atoms with Crippen LogP contribution >= 0.6 is 11.8 Å². The van der Waals surface area contributed by atoms with Gasteiger partial charge in [-0.3, -0.25) is 0 Å². The summed E-state index contributed by atoms with van der Waals surface area (Å²) < 4.78 is 5.21. The van der Waals surface area contributed by atoms with Gasteiger partial charge in [-0.1, -0.05) is 29.4 Å². The Bertz CT molecular complexity index is 617. The van der Waals surface area contributed by atoms with Crippen molar-refractivity contribution in [2.24, 2.45) is 0 Å². The van der Waals surface area contributed by atoms with E-state index in [1.54, 1.807) is 0 Å². The number of carbonyl (C=O) groups is 1. The van der Waals surface area contributed by atoms with Crippen LogP contribution in [0.3, 0.4) is 0 Å². The molecule has 3 rings (SSSR count). The molecule has 0 aliphatic carbocycles. The second-order valence-corrected chi connectivity index (χ2v) is 6.08. The average Bonchev–Trinajstić information content (AvgIpc) is 2.98. The lowest BCUT2D eigenvalue weighted by molar-refractivity contribution is 0.0686. The molecular weight excluding hydrogens is 274 g/mol. The molecule has 0 atom stereocenters. The van der Waals surface area contributed by atoms with Gasteiger partial charge in [0.25, 0.3) is 0 Å². The Kier molecular flexibility index (Phi) is 3.78. The zero-order chi connectivity index (χ0) is 13.9. The smallest absolute Gasteiger partial charge is 0.358 e. The summed E-state index contributed by atoms with van der Waals surface area (Å²) in [6, 6.07) is 9.55. The van der Waals surface area contributed by atoms with E-state index in [2.05, 4.69) is 11.2 Å². The van der Waals surface area contributed by atoms with Crippen LogP contribution < -0.4 is 0 Å². The molecule has 5 heteroatoms. The van der Waals surface area contributed by atoms with Gasteiger partial charge in [0.2, 0.25) is 0 Å². The third kappa shape index (κ3) is 2.58. The normalized spacial score (nSPS) is 16.2. The lowest BCUT2D eigenvalue weighted by Gasteiger charge is -2.23. The molecule has 4 nitrogen and oxygen atoms in total. The van der Waals surface area contributed by atoms with Crippen molar-refractivity contribution in [2.45, 2.75) is 18.8 Å². The number of thioether (sulfide) groups is 1. The summed E-state index contributed by atoms with van der Waals surface area (Å²) in [6.45, 7) is 0. The zero-order valence-corrected chi connectivity index (χ0v) is 11.7. The summed E-state index contributed by atoms with van der Waals surface area (Å²) in [6.07, 6.45) is 2.31. The Morgan fingerprint density at radius 2 is 2.05 bits per heavy atom. The third-order valence-electron chi connectivity index (χ3n) is 3.62. The summed E-state index contributed by atoms with van der Waals surface area (Å²) in [7, 11) is 0. The Balaban J connectivity index is 1.97. The molecule has 1 aromatic carbocycles. The lowest BCUT2D eigenvalue weighted by Crippen LogP contribution is -2.08. The molecule has 0 amide bonds. The van der Waals surface area contributed by atoms with Crippen molar-refractivity contribution in [1.82, 2.24) is 5.16 Å². The van der Waals surface area contributed by atoms with Gasteiger partial charge in [0.05, 0.1) is 0 Å². The van der Waals surface area contributed by atoms with E-state index in [0.717, 1.165) is 18.4 Å². The van der Waals surface area contributed by atoms with Crippen molar-refractivity contribution >= 4 is 17.7 Å². The van der Waals surface area contributed by atoms with Gasteiger partial charge in [-0.25, -0.2) is 4.79 Å². The SMILES string of the molecule is O=C(O)c1cc(-c2ccccc2C2CCSCC2)on1. The minimum atomic E-state index is -1.06. The van der Waals surface area contributed by atoms with Gasteiger partial charge in [0.1, 0.15) is 0 Å². The Morgan fingerprint density at radius 3 is 2.75 bits per heavy atom. The number of benzene rings is 1. The zero-order valence-electron chi connectivity index (χ0n) is 10.9. The first-order valence-electron chi connectivity index (χ1n) is 6.63. The monoisotopic (exact) mass is 289 g/mol. The van der Waals surface area contributed by atoms with Crippen LogP contribution in [0.25, 0.3) is 11.3 Å². The fourth-order valence-electron chi connectivity index (χ4n) is 2.59. The summed E-state index contributed by atoms with van der Waals surface area (Å²) in [5.41, 5.74) is 2.15. The predicted octanol–water partition coefficient (Wildman–Crippen LogP) is 3.65. The molecule has 20 heavy (non-hydrogen) atoms. The molecule has 1 fully saturated rings. The van der Waals surface area contributed by atoms with E-state index < -0.39 is 5.97 Å². The second-order valence-electron chi connectivity index (χ2n) is 4.86. The first-order valence-corrected chi connectivity index (χ1v) is 7.78. The van der Waals surface area contributed by atoms with E-state index in [4.69, 9.17) is 9.63 Å². The summed E-state index contributed by atoms with van der Waals surface area (Å²) in [5, 5.41) is 12.5. The van der Waals surface area contributed by atoms with Crippen molar-refractivity contribution in [3.8, 4) is 11.3 Å². The largest absolute Gasteiger partial charge is 0.476 e. The minimum Gasteiger partial charge on any atom is -0.476 e. The fourth-order valence-corrected chi connectivity index (χ4v) is 3.70. The van der Waals surface area contributed by atoms with Crippen molar-refractivity contribution in [3.05, 3.63) is 41.6 Å². The third-order valence-corrected chi connectivity index (χ3v) is 4.67. The van der Waals surface area contributed by atoms with Crippen molar-refractivity contribution in [1.29, 1.82) is 0 Å². The van der Waals surface area contributed by atoms with E-state index in [9.17, 15) is 4.79 Å². The van der Waals surface area contributed by atoms with Crippen molar-refractivity contribution in [3.63, 3.8) is 0 Å². The number of carboxylic acids is 1. The Hall–Kier alpha value is -1.75. The van der Waals surface area contributed by atoms with Gasteiger partial charge in [0, 0.05) is 11.6 Å². The molecule has 1 N–H and O–H groups in total. The number of aromatic nitrogens is 1. The van der Waals surface area contributed by atoms with E-state index in [1.807, 2.05) is 30.0 Å². The Morgan fingerprint density at radius 1 is 1.30 bits per heavy atom. The number of rotatable bonds is 3. The van der Waals surface area contributed by atoms with Crippen molar-refractivity contribution < 1.29 is 14.4 Å². The molecule has 0 spiro atoms. The second kappa shape index (κ2) is 5.71. The van der Waals surface area contributed by atoms with Gasteiger partial charge in [0.15, 0.2) is 11.5 Å². The maximum atomic E-state index is 10.9. The molecule has 1 saturated heterocycles. The number of hydrogen-bond acceptors (Lipinski definition) is 4. The molecule has 1 aromatic heterocycles. The molecule has 1 aliphatic rings. The molecule has 0 unspecified atom stereocenters. The van der Waals surface area contributed by atoms with Crippen molar-refractivity contribution in [2.75, 3.05) is 11.5 Å². The topological polar surface area (TPSA) is 63.3 Å². The quantitative estimate of drug-likeness (QED) is 0.934. The summed E-state index contributed by atoms with van der Waals surface area (Å²) in [5.74, 6) is 2.35.